The fourth-order valence-electron chi connectivity index (χ4n) is 10.5. The first-order valence-electron chi connectivity index (χ1n) is 17.8. The van der Waals surface area contributed by atoms with Crippen molar-refractivity contribution in [3.8, 4) is 0 Å². The van der Waals surface area contributed by atoms with Crippen LogP contribution in [0.15, 0.2) is 0 Å². The highest BCUT2D eigenvalue weighted by Crippen LogP contribution is 2.68. The molecule has 41 heavy (non-hydrogen) atoms. The Morgan fingerprint density at radius 1 is 0.854 bits per heavy atom. The van der Waals surface area contributed by atoms with E-state index >= 15 is 0 Å². The van der Waals surface area contributed by atoms with Gasteiger partial charge >= 0.3 is 5.97 Å². The van der Waals surface area contributed by atoms with Gasteiger partial charge in [-0.2, -0.15) is 0 Å². The SMILES string of the molecule is CCCCCCCCCCCCOC(=O)CCC(C)C1CCC2C3C(O)CC4CC(O)CCC4(C)C3CC(O)C12C. The van der Waals surface area contributed by atoms with Gasteiger partial charge in [0.05, 0.1) is 24.9 Å². The van der Waals surface area contributed by atoms with Gasteiger partial charge in [-0.15, -0.1) is 0 Å². The number of hydrogen-bond acceptors (Lipinski definition) is 5. The zero-order chi connectivity index (χ0) is 29.6. The van der Waals surface area contributed by atoms with E-state index in [0.29, 0.717) is 42.6 Å². The molecule has 4 aliphatic carbocycles. The van der Waals surface area contributed by atoms with Crippen molar-refractivity contribution in [2.45, 2.75) is 168 Å². The molecule has 5 heteroatoms. The van der Waals surface area contributed by atoms with Crippen LogP contribution >= 0.6 is 0 Å². The third-order valence-electron chi connectivity index (χ3n) is 13.1. The lowest BCUT2D eigenvalue weighted by Crippen LogP contribution is -2.62. The van der Waals surface area contributed by atoms with Crippen LogP contribution in [0, 0.1) is 46.3 Å². The number of aliphatic hydroxyl groups excluding tert-OH is 3. The summed E-state index contributed by atoms with van der Waals surface area (Å²) in [4.78, 5) is 12.6. The molecule has 11 unspecified atom stereocenters. The Labute approximate surface area is 251 Å². The molecule has 4 rings (SSSR count). The van der Waals surface area contributed by atoms with Crippen LogP contribution in [0.25, 0.3) is 0 Å². The van der Waals surface area contributed by atoms with Crippen LogP contribution < -0.4 is 0 Å². The van der Waals surface area contributed by atoms with Crippen LogP contribution in [0.3, 0.4) is 0 Å². The largest absolute Gasteiger partial charge is 0.466 e. The van der Waals surface area contributed by atoms with Gasteiger partial charge in [0.2, 0.25) is 0 Å². The molecule has 0 radical (unpaired) electrons. The van der Waals surface area contributed by atoms with E-state index in [4.69, 9.17) is 4.74 Å². The van der Waals surface area contributed by atoms with Gasteiger partial charge in [-0.3, -0.25) is 4.79 Å². The van der Waals surface area contributed by atoms with E-state index < -0.39 is 0 Å². The Morgan fingerprint density at radius 2 is 1.51 bits per heavy atom. The summed E-state index contributed by atoms with van der Waals surface area (Å²) < 4.78 is 5.59. The second-order valence-electron chi connectivity index (χ2n) is 15.4. The van der Waals surface area contributed by atoms with E-state index in [9.17, 15) is 20.1 Å². The third kappa shape index (κ3) is 7.36. The first-order chi connectivity index (χ1) is 19.6. The molecule has 4 aliphatic rings. The van der Waals surface area contributed by atoms with E-state index in [-0.39, 0.29) is 41.0 Å². The van der Waals surface area contributed by atoms with Crippen LogP contribution in [0.1, 0.15) is 150 Å². The zero-order valence-corrected chi connectivity index (χ0v) is 27.0. The average Bonchev–Trinajstić information content (AvgIpc) is 3.30. The Morgan fingerprint density at radius 3 is 2.20 bits per heavy atom. The summed E-state index contributed by atoms with van der Waals surface area (Å²) >= 11 is 0. The fourth-order valence-corrected chi connectivity index (χ4v) is 10.5. The maximum absolute atomic E-state index is 12.6. The standard InChI is InChI=1S/C36H64O5/c1-5-6-7-8-9-10-11-12-13-14-21-41-33(40)18-15-25(2)28-16-17-29-34-30(24-32(39)36(28,29)4)35(3)20-19-27(37)22-26(35)23-31(34)38/h25-32,34,37-39H,5-24H2,1-4H3. The maximum Gasteiger partial charge on any atom is 0.305 e. The lowest BCUT2D eigenvalue weighted by atomic mass is 9.43. The van der Waals surface area contributed by atoms with Crippen molar-refractivity contribution in [3.05, 3.63) is 0 Å². The normalized spacial score (nSPS) is 40.9. The average molecular weight is 577 g/mol. The lowest BCUT2D eigenvalue weighted by Gasteiger charge is -2.63. The highest BCUT2D eigenvalue weighted by Gasteiger charge is 2.65. The van der Waals surface area contributed by atoms with Crippen molar-refractivity contribution in [1.29, 1.82) is 0 Å². The predicted molar refractivity (Wildman–Crippen MR) is 165 cm³/mol. The summed E-state index contributed by atoms with van der Waals surface area (Å²) in [6.45, 7) is 9.75. The van der Waals surface area contributed by atoms with Gasteiger partial charge in [-0.25, -0.2) is 0 Å². The van der Waals surface area contributed by atoms with Gasteiger partial charge < -0.3 is 20.1 Å². The van der Waals surface area contributed by atoms with E-state index in [1.54, 1.807) is 0 Å². The molecule has 0 bridgehead atoms. The minimum atomic E-state index is -0.374. The fraction of sp³-hybridized carbons (Fsp3) is 0.972. The summed E-state index contributed by atoms with van der Waals surface area (Å²) in [7, 11) is 0. The summed E-state index contributed by atoms with van der Waals surface area (Å²) in [5.74, 6) is 1.87. The Bertz CT molecular complexity index is 816. The van der Waals surface area contributed by atoms with Gasteiger partial charge in [0.1, 0.15) is 0 Å². The molecule has 0 heterocycles. The van der Waals surface area contributed by atoms with Gasteiger partial charge in [0, 0.05) is 6.42 Å². The number of fused-ring (bicyclic) bond motifs is 5. The number of rotatable bonds is 15. The monoisotopic (exact) mass is 576 g/mol. The summed E-state index contributed by atoms with van der Waals surface area (Å²) in [5.41, 5.74) is -0.105. The smallest absolute Gasteiger partial charge is 0.305 e. The van der Waals surface area contributed by atoms with Crippen LogP contribution in [-0.4, -0.2) is 46.2 Å². The van der Waals surface area contributed by atoms with Gasteiger partial charge in [0.25, 0.3) is 0 Å². The minimum absolute atomic E-state index is 0.0714. The summed E-state index contributed by atoms with van der Waals surface area (Å²) in [6.07, 6.45) is 19.4. The minimum Gasteiger partial charge on any atom is -0.466 e. The number of carbonyl (C=O) groups is 1. The first-order valence-corrected chi connectivity index (χ1v) is 17.8. The molecule has 0 aromatic rings. The first kappa shape index (κ1) is 33.2. The molecule has 5 nitrogen and oxygen atoms in total. The van der Waals surface area contributed by atoms with Gasteiger partial charge in [-0.05, 0) is 104 Å². The molecule has 0 aliphatic heterocycles. The van der Waals surface area contributed by atoms with Crippen molar-refractivity contribution >= 4 is 5.97 Å². The van der Waals surface area contributed by atoms with Crippen molar-refractivity contribution in [2.24, 2.45) is 46.3 Å². The van der Waals surface area contributed by atoms with Crippen molar-refractivity contribution in [2.75, 3.05) is 6.61 Å². The molecule has 0 spiro atoms. The third-order valence-corrected chi connectivity index (χ3v) is 13.1. The van der Waals surface area contributed by atoms with E-state index in [1.807, 2.05) is 0 Å². The second-order valence-corrected chi connectivity index (χ2v) is 15.4. The van der Waals surface area contributed by atoms with Crippen molar-refractivity contribution < 1.29 is 24.9 Å². The maximum atomic E-state index is 12.6. The molecular formula is C36H64O5. The summed E-state index contributed by atoms with van der Waals surface area (Å²) in [5, 5.41) is 33.6. The molecule has 3 N–H and O–H groups in total. The number of esters is 1. The van der Waals surface area contributed by atoms with E-state index in [0.717, 1.165) is 64.2 Å². The van der Waals surface area contributed by atoms with E-state index in [1.165, 1.54) is 51.4 Å². The molecular weight excluding hydrogens is 512 g/mol. The van der Waals surface area contributed by atoms with Gasteiger partial charge in [0.15, 0.2) is 0 Å². The molecule has 238 valence electrons. The van der Waals surface area contributed by atoms with Crippen LogP contribution in [0.4, 0.5) is 0 Å². The van der Waals surface area contributed by atoms with Gasteiger partial charge in [-0.1, -0.05) is 85.5 Å². The molecule has 11 atom stereocenters. The van der Waals surface area contributed by atoms with Crippen molar-refractivity contribution in [3.63, 3.8) is 0 Å². The lowest BCUT2D eigenvalue weighted by molar-refractivity contribution is -0.207. The molecule has 0 aromatic carbocycles. The number of carbonyl (C=O) groups excluding carboxylic acids is 1. The number of unbranched alkanes of at least 4 members (excludes halogenated alkanes) is 9. The Balaban J connectivity index is 1.20. The second kappa shape index (κ2) is 14.9. The topological polar surface area (TPSA) is 87.0 Å². The van der Waals surface area contributed by atoms with Crippen LogP contribution in [0.5, 0.6) is 0 Å². The number of ether oxygens (including phenoxy) is 1. The van der Waals surface area contributed by atoms with E-state index in [2.05, 4.69) is 27.7 Å². The quantitative estimate of drug-likeness (QED) is 0.137. The molecule has 4 saturated carbocycles. The molecule has 0 amide bonds. The number of aliphatic hydroxyl groups is 3. The molecule has 0 saturated heterocycles. The number of hydrogen-bond donors (Lipinski definition) is 3. The Hall–Kier alpha value is -0.650. The molecule has 0 aromatic heterocycles. The summed E-state index contributed by atoms with van der Waals surface area (Å²) in [6, 6.07) is 0. The predicted octanol–water partition coefficient (Wildman–Crippen LogP) is 7.83. The van der Waals surface area contributed by atoms with Crippen molar-refractivity contribution in [1.82, 2.24) is 0 Å². The highest BCUT2D eigenvalue weighted by molar-refractivity contribution is 5.69. The van der Waals surface area contributed by atoms with Crippen LogP contribution in [0.2, 0.25) is 0 Å². The molecule has 4 fully saturated rings. The highest BCUT2D eigenvalue weighted by atomic mass is 16.5. The zero-order valence-electron chi connectivity index (χ0n) is 27.0. The van der Waals surface area contributed by atoms with Crippen LogP contribution in [-0.2, 0) is 9.53 Å². The Kier molecular flexibility index (Phi) is 12.1.